The lowest BCUT2D eigenvalue weighted by Crippen LogP contribution is -2.45. The van der Waals surface area contributed by atoms with Gasteiger partial charge >= 0.3 is 5.97 Å². The summed E-state index contributed by atoms with van der Waals surface area (Å²) in [6.07, 6.45) is 82.1. The highest BCUT2D eigenvalue weighted by atomic mass is 16.5. The van der Waals surface area contributed by atoms with Gasteiger partial charge in [0.2, 0.25) is 5.91 Å². The number of hydrogen-bond donors (Lipinski definition) is 3. The fraction of sp³-hybridized carbons (Fsp3) is 0.884. The van der Waals surface area contributed by atoms with Gasteiger partial charge in [0.05, 0.1) is 25.4 Å². The largest absolute Gasteiger partial charge is 0.466 e. The average Bonchev–Trinajstić information content (AvgIpc) is 3.41. The number of carbonyl (C=O) groups is 2. The Morgan fingerprint density at radius 2 is 0.667 bits per heavy atom. The Morgan fingerprint density at radius 1 is 0.373 bits per heavy atom. The highest BCUT2D eigenvalue weighted by Crippen LogP contribution is 2.18. The van der Waals surface area contributed by atoms with Gasteiger partial charge in [0.15, 0.2) is 0 Å². The van der Waals surface area contributed by atoms with E-state index in [4.69, 9.17) is 4.74 Å². The van der Waals surface area contributed by atoms with Gasteiger partial charge in [-0.2, -0.15) is 0 Å². The van der Waals surface area contributed by atoms with Crippen molar-refractivity contribution in [2.24, 2.45) is 0 Å². The third-order valence-electron chi connectivity index (χ3n) is 15.7. The number of nitrogens with one attached hydrogen (secondary N) is 1. The molecule has 6 nitrogen and oxygen atoms in total. The molecule has 0 heterocycles. The Morgan fingerprint density at radius 3 is 1.01 bits per heavy atom. The van der Waals surface area contributed by atoms with Crippen molar-refractivity contribution in [3.05, 3.63) is 36.5 Å². The average molecular weight is 1050 g/mol. The molecular formula is C69H131NO5. The molecule has 442 valence electrons. The second-order valence-corrected chi connectivity index (χ2v) is 23.2. The van der Waals surface area contributed by atoms with Crippen molar-refractivity contribution in [3.63, 3.8) is 0 Å². The summed E-state index contributed by atoms with van der Waals surface area (Å²) in [7, 11) is 0. The van der Waals surface area contributed by atoms with Crippen molar-refractivity contribution in [2.45, 2.75) is 379 Å². The number of esters is 1. The fourth-order valence-corrected chi connectivity index (χ4v) is 10.5. The van der Waals surface area contributed by atoms with Gasteiger partial charge < -0.3 is 20.3 Å². The maximum Gasteiger partial charge on any atom is 0.305 e. The zero-order valence-electron chi connectivity index (χ0n) is 50.5. The van der Waals surface area contributed by atoms with Crippen molar-refractivity contribution < 1.29 is 24.5 Å². The van der Waals surface area contributed by atoms with Gasteiger partial charge in [-0.15, -0.1) is 0 Å². The summed E-state index contributed by atoms with van der Waals surface area (Å²) in [4.78, 5) is 24.5. The molecule has 0 rings (SSSR count). The van der Waals surface area contributed by atoms with Crippen molar-refractivity contribution in [2.75, 3.05) is 13.2 Å². The minimum absolute atomic E-state index is 0.0120. The lowest BCUT2D eigenvalue weighted by Gasteiger charge is -2.20. The van der Waals surface area contributed by atoms with Crippen molar-refractivity contribution >= 4 is 11.9 Å². The first-order valence-corrected chi connectivity index (χ1v) is 33.8. The summed E-state index contributed by atoms with van der Waals surface area (Å²) in [6.45, 7) is 4.93. The minimum Gasteiger partial charge on any atom is -0.466 e. The topological polar surface area (TPSA) is 95.9 Å². The molecule has 2 unspecified atom stereocenters. The van der Waals surface area contributed by atoms with Gasteiger partial charge in [0.1, 0.15) is 0 Å². The van der Waals surface area contributed by atoms with Crippen LogP contribution >= 0.6 is 0 Å². The number of aliphatic hydroxyl groups excluding tert-OH is 2. The Kier molecular flexibility index (Phi) is 63.0. The van der Waals surface area contributed by atoms with Crippen LogP contribution in [0, 0.1) is 0 Å². The van der Waals surface area contributed by atoms with Crippen LogP contribution in [-0.4, -0.2) is 47.4 Å². The van der Waals surface area contributed by atoms with E-state index in [0.29, 0.717) is 19.4 Å². The summed E-state index contributed by atoms with van der Waals surface area (Å²) in [5.74, 6) is -0.0565. The second kappa shape index (κ2) is 64.6. The van der Waals surface area contributed by atoms with Gasteiger partial charge in [-0.3, -0.25) is 9.59 Å². The zero-order chi connectivity index (χ0) is 54.3. The molecule has 0 fully saturated rings. The first-order valence-electron chi connectivity index (χ1n) is 33.8. The van der Waals surface area contributed by atoms with Gasteiger partial charge in [-0.05, 0) is 64.2 Å². The number of ether oxygens (including phenoxy) is 1. The van der Waals surface area contributed by atoms with Gasteiger partial charge in [-0.1, -0.05) is 326 Å². The molecule has 0 spiro atoms. The molecule has 1 amide bonds. The molecule has 0 aliphatic rings. The summed E-state index contributed by atoms with van der Waals surface area (Å²) < 4.78 is 5.48. The molecular weight excluding hydrogens is 923 g/mol. The molecule has 3 N–H and O–H groups in total. The maximum atomic E-state index is 12.5. The standard InChI is InChI=1S/C69H131NO5/c1-3-5-7-9-11-13-15-17-18-19-31-34-38-41-45-49-53-57-61-67(72)66(65-71)70-68(73)62-58-54-50-46-42-39-35-32-29-27-25-23-21-20-22-24-26-28-30-33-36-40-44-48-52-56-60-64-75-69(74)63-59-55-51-47-43-37-16-14-12-10-8-6-4-2/h20-21,24,26,57,61,66-67,71-72H,3-19,22-23,25,27-56,58-60,62-65H2,1-2H3,(H,70,73)/b21-20-,26-24-,61-57+. The van der Waals surface area contributed by atoms with Crippen LogP contribution in [0.3, 0.4) is 0 Å². The van der Waals surface area contributed by atoms with E-state index in [-0.39, 0.29) is 18.5 Å². The molecule has 0 aromatic rings. The molecule has 0 saturated carbocycles. The fourth-order valence-electron chi connectivity index (χ4n) is 10.5. The van der Waals surface area contributed by atoms with Gasteiger partial charge in [0.25, 0.3) is 0 Å². The monoisotopic (exact) mass is 1050 g/mol. The van der Waals surface area contributed by atoms with E-state index in [0.717, 1.165) is 44.9 Å². The van der Waals surface area contributed by atoms with E-state index in [1.165, 1.54) is 295 Å². The normalized spacial score (nSPS) is 12.7. The molecule has 0 aliphatic heterocycles. The molecule has 0 aliphatic carbocycles. The second-order valence-electron chi connectivity index (χ2n) is 23.2. The molecule has 0 aromatic carbocycles. The molecule has 2 atom stereocenters. The molecule has 0 radical (unpaired) electrons. The summed E-state index contributed by atoms with van der Waals surface area (Å²) in [5, 5.41) is 23.2. The number of rotatable bonds is 63. The van der Waals surface area contributed by atoms with Crippen LogP contribution in [0.15, 0.2) is 36.5 Å². The van der Waals surface area contributed by atoms with Crippen LogP contribution in [0.2, 0.25) is 0 Å². The highest BCUT2D eigenvalue weighted by molar-refractivity contribution is 5.76. The molecule has 75 heavy (non-hydrogen) atoms. The Hall–Kier alpha value is -1.92. The van der Waals surface area contributed by atoms with Crippen LogP contribution in [-0.2, 0) is 14.3 Å². The smallest absolute Gasteiger partial charge is 0.305 e. The molecule has 0 saturated heterocycles. The van der Waals surface area contributed by atoms with Crippen molar-refractivity contribution in [3.8, 4) is 0 Å². The Bertz CT molecular complexity index is 1210. The highest BCUT2D eigenvalue weighted by Gasteiger charge is 2.18. The maximum absolute atomic E-state index is 12.5. The number of allylic oxidation sites excluding steroid dienone is 5. The summed E-state index contributed by atoms with van der Waals surface area (Å²) >= 11 is 0. The van der Waals surface area contributed by atoms with Gasteiger partial charge in [0, 0.05) is 12.8 Å². The predicted molar refractivity (Wildman–Crippen MR) is 329 cm³/mol. The first kappa shape index (κ1) is 73.1. The molecule has 0 aromatic heterocycles. The molecule has 6 heteroatoms. The van der Waals surface area contributed by atoms with E-state index in [2.05, 4.69) is 43.5 Å². The van der Waals surface area contributed by atoms with Crippen LogP contribution in [0.25, 0.3) is 0 Å². The first-order chi connectivity index (χ1) is 37.0. The number of aliphatic hydroxyl groups is 2. The van der Waals surface area contributed by atoms with E-state index in [9.17, 15) is 19.8 Å². The number of amides is 1. The number of carbonyl (C=O) groups excluding carboxylic acids is 2. The molecule has 0 bridgehead atoms. The predicted octanol–water partition coefficient (Wildman–Crippen LogP) is 21.5. The van der Waals surface area contributed by atoms with Crippen LogP contribution in [0.4, 0.5) is 0 Å². The van der Waals surface area contributed by atoms with E-state index in [1.54, 1.807) is 6.08 Å². The van der Waals surface area contributed by atoms with E-state index >= 15 is 0 Å². The quantitative estimate of drug-likeness (QED) is 0.0320. The Balaban J connectivity index is 3.44. The zero-order valence-corrected chi connectivity index (χ0v) is 50.5. The number of hydrogen-bond acceptors (Lipinski definition) is 5. The summed E-state index contributed by atoms with van der Waals surface area (Å²) in [6, 6.07) is -0.631. The van der Waals surface area contributed by atoms with Gasteiger partial charge in [-0.25, -0.2) is 0 Å². The van der Waals surface area contributed by atoms with Crippen molar-refractivity contribution in [1.29, 1.82) is 0 Å². The van der Waals surface area contributed by atoms with Crippen LogP contribution in [0.5, 0.6) is 0 Å². The van der Waals surface area contributed by atoms with Crippen LogP contribution in [0.1, 0.15) is 367 Å². The lowest BCUT2D eigenvalue weighted by atomic mass is 10.0. The van der Waals surface area contributed by atoms with E-state index < -0.39 is 12.1 Å². The third-order valence-corrected chi connectivity index (χ3v) is 15.7. The lowest BCUT2D eigenvalue weighted by molar-refractivity contribution is -0.143. The Labute approximate surface area is 468 Å². The van der Waals surface area contributed by atoms with Crippen LogP contribution < -0.4 is 5.32 Å². The third kappa shape index (κ3) is 61.2. The van der Waals surface area contributed by atoms with Crippen molar-refractivity contribution in [1.82, 2.24) is 5.32 Å². The SMILES string of the molecule is CCCCCCCCCCCCCCCCCC/C=C/C(O)C(CO)NC(=O)CCCCCCCCCCCCC/C=C\C/C=C\CCCCCCCCCCCOC(=O)CCCCCCCCCCCCCCC. The number of unbranched alkanes of at least 4 members (excludes halogenated alkanes) is 48. The summed E-state index contributed by atoms with van der Waals surface area (Å²) in [5.41, 5.74) is 0. The van der Waals surface area contributed by atoms with E-state index in [1.807, 2.05) is 6.08 Å². The minimum atomic E-state index is -0.847.